The molecule has 0 aromatic heterocycles. The summed E-state index contributed by atoms with van der Waals surface area (Å²) in [5.41, 5.74) is 2.05. The summed E-state index contributed by atoms with van der Waals surface area (Å²) in [5.74, 6) is 1.17. The Bertz CT molecular complexity index is 559. The average Bonchev–Trinajstić information content (AvgIpc) is 2.43. The molecule has 0 radical (unpaired) electrons. The molecular weight excluding hydrogens is 236 g/mol. The third-order valence-electron chi connectivity index (χ3n) is 2.67. The number of hydrogen-bond acceptors (Lipinski definition) is 2. The van der Waals surface area contributed by atoms with Crippen molar-refractivity contribution < 1.29 is 9.84 Å². The maximum Gasteiger partial charge on any atom is 0.119 e. The smallest absolute Gasteiger partial charge is 0.119 e. The van der Waals surface area contributed by atoms with E-state index in [2.05, 4.69) is 6.92 Å². The monoisotopic (exact) mass is 254 g/mol. The van der Waals surface area contributed by atoms with Crippen molar-refractivity contribution in [3.63, 3.8) is 0 Å². The number of phenols is 1. The Morgan fingerprint density at radius 2 is 1.68 bits per heavy atom. The molecule has 0 aliphatic rings. The van der Waals surface area contributed by atoms with Crippen LogP contribution in [-0.2, 0) is 0 Å². The molecule has 0 aliphatic carbocycles. The van der Waals surface area contributed by atoms with Crippen molar-refractivity contribution >= 4 is 12.2 Å². The normalized spacial score (nSPS) is 10.8. The second kappa shape index (κ2) is 6.64. The van der Waals surface area contributed by atoms with Crippen molar-refractivity contribution in [2.24, 2.45) is 0 Å². The standard InChI is InChI=1S/C17H18O2/c1-2-11-19-17-8-4-6-15(13-17)10-9-14-5-3-7-16(18)12-14/h3-10,12-13,18H,2,11H2,1H3/b10-9+. The fourth-order valence-corrected chi connectivity index (χ4v) is 1.75. The van der Waals surface area contributed by atoms with Crippen molar-refractivity contribution in [1.82, 2.24) is 0 Å². The number of benzene rings is 2. The fraction of sp³-hybridized carbons (Fsp3) is 0.176. The number of rotatable bonds is 5. The Hall–Kier alpha value is -2.22. The van der Waals surface area contributed by atoms with E-state index in [-0.39, 0.29) is 5.75 Å². The van der Waals surface area contributed by atoms with E-state index in [1.807, 2.05) is 48.6 Å². The highest BCUT2D eigenvalue weighted by Gasteiger charge is 1.94. The molecule has 2 nitrogen and oxygen atoms in total. The molecule has 2 aromatic carbocycles. The maximum atomic E-state index is 9.40. The first kappa shape index (κ1) is 13.2. The molecule has 0 atom stereocenters. The molecule has 2 aromatic rings. The lowest BCUT2D eigenvalue weighted by molar-refractivity contribution is 0.317. The molecule has 0 aliphatic heterocycles. The fourth-order valence-electron chi connectivity index (χ4n) is 1.75. The molecule has 0 saturated carbocycles. The Labute approximate surface area is 114 Å². The van der Waals surface area contributed by atoms with Crippen LogP contribution in [0.1, 0.15) is 24.5 Å². The van der Waals surface area contributed by atoms with Gasteiger partial charge in [-0.05, 0) is 41.8 Å². The Morgan fingerprint density at radius 1 is 1.00 bits per heavy atom. The van der Waals surface area contributed by atoms with E-state index in [1.165, 1.54) is 0 Å². The third kappa shape index (κ3) is 4.18. The van der Waals surface area contributed by atoms with Gasteiger partial charge in [0.15, 0.2) is 0 Å². The van der Waals surface area contributed by atoms with Crippen molar-refractivity contribution in [3.05, 3.63) is 59.7 Å². The molecule has 98 valence electrons. The molecule has 2 rings (SSSR count). The summed E-state index contributed by atoms with van der Waals surface area (Å²) in [7, 11) is 0. The molecule has 0 amide bonds. The Morgan fingerprint density at radius 3 is 2.37 bits per heavy atom. The van der Waals surface area contributed by atoms with Crippen LogP contribution in [0.15, 0.2) is 48.5 Å². The first-order valence-corrected chi connectivity index (χ1v) is 6.48. The van der Waals surface area contributed by atoms with Crippen molar-refractivity contribution in [3.8, 4) is 11.5 Å². The summed E-state index contributed by atoms with van der Waals surface area (Å²) in [6.07, 6.45) is 4.98. The predicted molar refractivity (Wildman–Crippen MR) is 79.3 cm³/mol. The SMILES string of the molecule is CCCOc1cccc(/C=C/c2cccc(O)c2)c1. The second-order valence-electron chi connectivity index (χ2n) is 4.35. The van der Waals surface area contributed by atoms with Gasteiger partial charge in [0.25, 0.3) is 0 Å². The minimum absolute atomic E-state index is 0.280. The van der Waals surface area contributed by atoms with Gasteiger partial charge in [-0.25, -0.2) is 0 Å². The van der Waals surface area contributed by atoms with E-state index < -0.39 is 0 Å². The van der Waals surface area contributed by atoms with Crippen molar-refractivity contribution in [2.75, 3.05) is 6.61 Å². The van der Waals surface area contributed by atoms with Gasteiger partial charge < -0.3 is 9.84 Å². The van der Waals surface area contributed by atoms with Gasteiger partial charge >= 0.3 is 0 Å². The second-order valence-corrected chi connectivity index (χ2v) is 4.35. The quantitative estimate of drug-likeness (QED) is 0.804. The lowest BCUT2D eigenvalue weighted by atomic mass is 10.1. The zero-order valence-electron chi connectivity index (χ0n) is 11.0. The molecule has 1 N–H and O–H groups in total. The summed E-state index contributed by atoms with van der Waals surface area (Å²) >= 11 is 0. The van der Waals surface area contributed by atoms with E-state index in [0.717, 1.165) is 29.9 Å². The number of aromatic hydroxyl groups is 1. The molecule has 0 fully saturated rings. The summed E-state index contributed by atoms with van der Waals surface area (Å²) in [4.78, 5) is 0. The molecule has 0 spiro atoms. The largest absolute Gasteiger partial charge is 0.508 e. The van der Waals surface area contributed by atoms with Gasteiger partial charge in [0.1, 0.15) is 11.5 Å². The minimum Gasteiger partial charge on any atom is -0.508 e. The van der Waals surface area contributed by atoms with Gasteiger partial charge in [-0.2, -0.15) is 0 Å². The minimum atomic E-state index is 0.280. The highest BCUT2D eigenvalue weighted by molar-refractivity contribution is 5.70. The van der Waals surface area contributed by atoms with Crippen molar-refractivity contribution in [2.45, 2.75) is 13.3 Å². The van der Waals surface area contributed by atoms with Gasteiger partial charge in [0.2, 0.25) is 0 Å². The van der Waals surface area contributed by atoms with Gasteiger partial charge in [-0.15, -0.1) is 0 Å². The Kier molecular flexibility index (Phi) is 4.62. The predicted octanol–water partition coefficient (Wildman–Crippen LogP) is 4.35. The van der Waals surface area contributed by atoms with Crippen LogP contribution in [0.25, 0.3) is 12.2 Å². The summed E-state index contributed by atoms with van der Waals surface area (Å²) in [5, 5.41) is 9.40. The highest BCUT2D eigenvalue weighted by Crippen LogP contribution is 2.17. The molecule has 0 unspecified atom stereocenters. The zero-order chi connectivity index (χ0) is 13.5. The maximum absolute atomic E-state index is 9.40. The van der Waals surface area contributed by atoms with Crippen LogP contribution in [0, 0.1) is 0 Å². The first-order valence-electron chi connectivity index (χ1n) is 6.48. The Balaban J connectivity index is 2.10. The summed E-state index contributed by atoms with van der Waals surface area (Å²) < 4.78 is 5.59. The zero-order valence-corrected chi connectivity index (χ0v) is 11.0. The molecular formula is C17H18O2. The molecule has 0 bridgehead atoms. The van der Waals surface area contributed by atoms with Crippen LogP contribution in [0.5, 0.6) is 11.5 Å². The van der Waals surface area contributed by atoms with Crippen LogP contribution >= 0.6 is 0 Å². The summed E-state index contributed by atoms with van der Waals surface area (Å²) in [6.45, 7) is 2.82. The van der Waals surface area contributed by atoms with Gasteiger partial charge in [0.05, 0.1) is 6.61 Å². The van der Waals surface area contributed by atoms with Gasteiger partial charge in [-0.3, -0.25) is 0 Å². The van der Waals surface area contributed by atoms with E-state index in [4.69, 9.17) is 4.74 Å². The molecule has 2 heteroatoms. The van der Waals surface area contributed by atoms with E-state index >= 15 is 0 Å². The van der Waals surface area contributed by atoms with Gasteiger partial charge in [0, 0.05) is 0 Å². The van der Waals surface area contributed by atoms with E-state index in [0.29, 0.717) is 0 Å². The van der Waals surface area contributed by atoms with Crippen LogP contribution < -0.4 is 4.74 Å². The highest BCUT2D eigenvalue weighted by atomic mass is 16.5. The molecule has 0 heterocycles. The van der Waals surface area contributed by atoms with Crippen LogP contribution in [0.3, 0.4) is 0 Å². The number of phenolic OH excluding ortho intramolecular Hbond substituents is 1. The van der Waals surface area contributed by atoms with Gasteiger partial charge in [-0.1, -0.05) is 43.3 Å². The van der Waals surface area contributed by atoms with Crippen LogP contribution in [0.4, 0.5) is 0 Å². The lowest BCUT2D eigenvalue weighted by Crippen LogP contribution is -1.94. The topological polar surface area (TPSA) is 29.5 Å². The number of hydrogen-bond donors (Lipinski definition) is 1. The molecule has 0 saturated heterocycles. The number of ether oxygens (including phenoxy) is 1. The van der Waals surface area contributed by atoms with E-state index in [1.54, 1.807) is 12.1 Å². The first-order chi connectivity index (χ1) is 9.28. The van der Waals surface area contributed by atoms with Crippen LogP contribution in [0.2, 0.25) is 0 Å². The lowest BCUT2D eigenvalue weighted by Gasteiger charge is -2.04. The average molecular weight is 254 g/mol. The third-order valence-corrected chi connectivity index (χ3v) is 2.67. The van der Waals surface area contributed by atoms with Crippen LogP contribution in [-0.4, -0.2) is 11.7 Å². The molecule has 19 heavy (non-hydrogen) atoms. The summed E-state index contributed by atoms with van der Waals surface area (Å²) in [6, 6.07) is 15.1. The van der Waals surface area contributed by atoms with E-state index in [9.17, 15) is 5.11 Å². The van der Waals surface area contributed by atoms with Crippen molar-refractivity contribution in [1.29, 1.82) is 0 Å².